The number of nitrogen functional groups attached to an aromatic ring is 2. The number of nitrogens with one attached hydrogen (secondary N) is 2. The topological polar surface area (TPSA) is 131 Å². The van der Waals surface area contributed by atoms with Crippen molar-refractivity contribution in [2.75, 3.05) is 18.2 Å². The maximum absolute atomic E-state index is 13.1. The fourth-order valence-corrected chi connectivity index (χ4v) is 2.81. The molecule has 0 bridgehead atoms. The number of para-hydroxylation sites is 1. The SMILES string of the molecule is COc1ccc(C(=O)Nc2c(N)cccc2C(=O)c2cccc(C(=N)N)c2)cc1.Cl. The molecule has 1 amide bonds. The first-order valence-electron chi connectivity index (χ1n) is 8.73. The van der Waals surface area contributed by atoms with Gasteiger partial charge in [0.2, 0.25) is 0 Å². The molecule has 7 nitrogen and oxygen atoms in total. The Bertz CT molecular complexity index is 1100. The second kappa shape index (κ2) is 9.58. The third-order valence-electron chi connectivity index (χ3n) is 4.37. The molecule has 0 fully saturated rings. The minimum Gasteiger partial charge on any atom is -0.497 e. The normalized spacial score (nSPS) is 9.90. The zero-order valence-electron chi connectivity index (χ0n) is 16.1. The van der Waals surface area contributed by atoms with Gasteiger partial charge in [0.05, 0.1) is 18.5 Å². The molecule has 0 aliphatic heterocycles. The molecule has 30 heavy (non-hydrogen) atoms. The smallest absolute Gasteiger partial charge is 0.255 e. The number of benzene rings is 3. The Morgan fingerprint density at radius 1 is 0.933 bits per heavy atom. The van der Waals surface area contributed by atoms with Gasteiger partial charge in [-0.3, -0.25) is 15.0 Å². The lowest BCUT2D eigenvalue weighted by molar-refractivity contribution is 0.102. The first-order chi connectivity index (χ1) is 13.9. The van der Waals surface area contributed by atoms with Crippen LogP contribution in [-0.2, 0) is 0 Å². The fourth-order valence-electron chi connectivity index (χ4n) is 2.81. The van der Waals surface area contributed by atoms with E-state index in [-0.39, 0.29) is 41.0 Å². The third-order valence-corrected chi connectivity index (χ3v) is 4.37. The summed E-state index contributed by atoms with van der Waals surface area (Å²) < 4.78 is 5.09. The van der Waals surface area contributed by atoms with Crippen molar-refractivity contribution in [2.24, 2.45) is 5.73 Å². The van der Waals surface area contributed by atoms with E-state index in [1.165, 1.54) is 6.07 Å². The highest BCUT2D eigenvalue weighted by molar-refractivity contribution is 6.17. The summed E-state index contributed by atoms with van der Waals surface area (Å²) in [5.41, 5.74) is 13.5. The van der Waals surface area contributed by atoms with E-state index in [2.05, 4.69) is 5.32 Å². The van der Waals surface area contributed by atoms with Gasteiger partial charge in [-0.05, 0) is 42.5 Å². The Morgan fingerprint density at radius 2 is 1.57 bits per heavy atom. The molecule has 0 spiro atoms. The lowest BCUT2D eigenvalue weighted by atomic mass is 9.98. The highest BCUT2D eigenvalue weighted by Gasteiger charge is 2.19. The molecular formula is C22H21ClN4O3. The Hall–Kier alpha value is -3.84. The molecule has 0 aliphatic carbocycles. The number of ketones is 1. The molecule has 0 unspecified atom stereocenters. The molecule has 154 valence electrons. The molecule has 8 heteroatoms. The van der Waals surface area contributed by atoms with E-state index in [4.69, 9.17) is 21.6 Å². The van der Waals surface area contributed by atoms with Crippen molar-refractivity contribution < 1.29 is 14.3 Å². The molecule has 0 heterocycles. The molecular weight excluding hydrogens is 404 g/mol. The number of anilines is 2. The lowest BCUT2D eigenvalue weighted by Crippen LogP contribution is -2.17. The van der Waals surface area contributed by atoms with E-state index in [9.17, 15) is 9.59 Å². The van der Waals surface area contributed by atoms with Crippen LogP contribution in [0, 0.1) is 5.41 Å². The number of methoxy groups -OCH3 is 1. The van der Waals surface area contributed by atoms with Gasteiger partial charge in [-0.2, -0.15) is 0 Å². The summed E-state index contributed by atoms with van der Waals surface area (Å²) in [5.74, 6) is -0.259. The molecule has 3 aromatic carbocycles. The predicted octanol–water partition coefficient (Wildman–Crippen LogP) is 3.47. The van der Waals surface area contributed by atoms with E-state index in [0.717, 1.165) is 0 Å². The molecule has 0 radical (unpaired) electrons. The summed E-state index contributed by atoms with van der Waals surface area (Å²) in [7, 11) is 1.54. The Kier molecular flexibility index (Phi) is 7.17. The summed E-state index contributed by atoms with van der Waals surface area (Å²) in [5, 5.41) is 10.3. The van der Waals surface area contributed by atoms with Crippen LogP contribution in [0.3, 0.4) is 0 Å². The van der Waals surface area contributed by atoms with Gasteiger partial charge in [0.1, 0.15) is 11.6 Å². The zero-order chi connectivity index (χ0) is 21.0. The number of amides is 1. The second-order valence-electron chi connectivity index (χ2n) is 6.28. The number of rotatable bonds is 6. The van der Waals surface area contributed by atoms with E-state index in [1.807, 2.05) is 0 Å². The molecule has 0 aliphatic rings. The molecule has 3 rings (SSSR count). The van der Waals surface area contributed by atoms with Gasteiger partial charge in [0, 0.05) is 22.3 Å². The quantitative estimate of drug-likeness (QED) is 0.208. The zero-order valence-corrected chi connectivity index (χ0v) is 17.0. The van der Waals surface area contributed by atoms with Gasteiger partial charge >= 0.3 is 0 Å². The summed E-state index contributed by atoms with van der Waals surface area (Å²) >= 11 is 0. The summed E-state index contributed by atoms with van der Waals surface area (Å²) in [4.78, 5) is 25.7. The van der Waals surface area contributed by atoms with Gasteiger partial charge in [-0.25, -0.2) is 0 Å². The van der Waals surface area contributed by atoms with Crippen molar-refractivity contribution in [1.82, 2.24) is 0 Å². The number of carbonyl (C=O) groups excluding carboxylic acids is 2. The van der Waals surface area contributed by atoms with Crippen LogP contribution in [0.15, 0.2) is 66.7 Å². The van der Waals surface area contributed by atoms with Crippen LogP contribution >= 0.6 is 12.4 Å². The van der Waals surface area contributed by atoms with Crippen LogP contribution in [0.25, 0.3) is 0 Å². The van der Waals surface area contributed by atoms with Crippen LogP contribution in [0.5, 0.6) is 5.75 Å². The highest BCUT2D eigenvalue weighted by atomic mass is 35.5. The van der Waals surface area contributed by atoms with Crippen LogP contribution in [0.4, 0.5) is 11.4 Å². The van der Waals surface area contributed by atoms with Gasteiger partial charge in [0.25, 0.3) is 5.91 Å². The molecule has 0 aromatic heterocycles. The summed E-state index contributed by atoms with van der Waals surface area (Å²) in [6, 6.07) is 17.8. The first-order valence-corrected chi connectivity index (χ1v) is 8.73. The maximum atomic E-state index is 13.1. The second-order valence-corrected chi connectivity index (χ2v) is 6.28. The Morgan fingerprint density at radius 3 is 2.20 bits per heavy atom. The molecule has 0 saturated heterocycles. The minimum absolute atomic E-state index is 0. The predicted molar refractivity (Wildman–Crippen MR) is 120 cm³/mol. The van der Waals surface area contributed by atoms with E-state index >= 15 is 0 Å². The van der Waals surface area contributed by atoms with Crippen molar-refractivity contribution in [2.45, 2.75) is 0 Å². The minimum atomic E-state index is -0.405. The van der Waals surface area contributed by atoms with Crippen LogP contribution in [0.1, 0.15) is 31.8 Å². The Balaban J connectivity index is 0.00000320. The molecule has 6 N–H and O–H groups in total. The number of amidine groups is 1. The van der Waals surface area contributed by atoms with Gasteiger partial charge in [-0.1, -0.05) is 24.3 Å². The summed E-state index contributed by atoms with van der Waals surface area (Å²) in [6.45, 7) is 0. The number of ether oxygens (including phenoxy) is 1. The molecule has 0 saturated carbocycles. The first kappa shape index (κ1) is 22.4. The van der Waals surface area contributed by atoms with E-state index in [0.29, 0.717) is 22.4 Å². The number of nitrogens with two attached hydrogens (primary N) is 2. The Labute approximate surface area is 180 Å². The monoisotopic (exact) mass is 424 g/mol. The van der Waals surface area contributed by atoms with Crippen LogP contribution in [-0.4, -0.2) is 24.6 Å². The maximum Gasteiger partial charge on any atom is 0.255 e. The van der Waals surface area contributed by atoms with Crippen molar-refractivity contribution in [3.63, 3.8) is 0 Å². The number of hydrogen-bond acceptors (Lipinski definition) is 5. The number of halogens is 1. The van der Waals surface area contributed by atoms with Crippen LogP contribution in [0.2, 0.25) is 0 Å². The average Bonchev–Trinajstić information content (AvgIpc) is 2.74. The van der Waals surface area contributed by atoms with Crippen molar-refractivity contribution in [1.29, 1.82) is 5.41 Å². The summed E-state index contributed by atoms with van der Waals surface area (Å²) in [6.07, 6.45) is 0. The largest absolute Gasteiger partial charge is 0.497 e. The van der Waals surface area contributed by atoms with E-state index in [1.54, 1.807) is 67.8 Å². The van der Waals surface area contributed by atoms with Crippen LogP contribution < -0.4 is 21.5 Å². The molecule has 0 atom stereocenters. The lowest BCUT2D eigenvalue weighted by Gasteiger charge is -2.14. The highest BCUT2D eigenvalue weighted by Crippen LogP contribution is 2.27. The van der Waals surface area contributed by atoms with Gasteiger partial charge in [0.15, 0.2) is 5.78 Å². The number of carbonyl (C=O) groups is 2. The third kappa shape index (κ3) is 4.76. The molecule has 3 aromatic rings. The van der Waals surface area contributed by atoms with Gasteiger partial charge in [-0.15, -0.1) is 12.4 Å². The average molecular weight is 425 g/mol. The van der Waals surface area contributed by atoms with Crippen molar-refractivity contribution >= 4 is 41.3 Å². The standard InChI is InChI=1S/C22H20N4O3.ClH/c1-29-16-10-8-13(9-11-16)22(28)26-19-17(6-3-7-18(19)23)20(27)14-4-2-5-15(12-14)21(24)25;/h2-12H,23H2,1H3,(H3,24,25)(H,26,28);1H. The van der Waals surface area contributed by atoms with Crippen molar-refractivity contribution in [3.8, 4) is 5.75 Å². The fraction of sp³-hybridized carbons (Fsp3) is 0.0455. The van der Waals surface area contributed by atoms with Gasteiger partial charge < -0.3 is 21.5 Å². The number of hydrogen-bond donors (Lipinski definition) is 4. The van der Waals surface area contributed by atoms with Crippen molar-refractivity contribution in [3.05, 3.63) is 89.0 Å². The van der Waals surface area contributed by atoms with E-state index < -0.39 is 5.91 Å².